The summed E-state index contributed by atoms with van der Waals surface area (Å²) in [5.41, 5.74) is 1.13. The van der Waals surface area contributed by atoms with Gasteiger partial charge in [-0.3, -0.25) is 0 Å². The summed E-state index contributed by atoms with van der Waals surface area (Å²) in [6.45, 7) is 6.02. The molecule has 1 unspecified atom stereocenters. The van der Waals surface area contributed by atoms with Gasteiger partial charge >= 0.3 is 0 Å². The first-order valence-corrected chi connectivity index (χ1v) is 8.66. The smallest absolute Gasteiger partial charge is 0.0580 e. The molecule has 118 valence electrons. The molecule has 1 aliphatic carbocycles. The zero-order chi connectivity index (χ0) is 15.2. The number of hydrogen-bond acceptors (Lipinski definition) is 2. The number of rotatable bonds is 8. The molecule has 21 heavy (non-hydrogen) atoms. The van der Waals surface area contributed by atoms with E-state index in [0.717, 1.165) is 41.1 Å². The van der Waals surface area contributed by atoms with Crippen LogP contribution in [0, 0.1) is 5.92 Å². The van der Waals surface area contributed by atoms with E-state index >= 15 is 0 Å². The standard InChI is InChI=1S/C17H25Cl2NO/c1-3-20-15(7-12-8-16(9-12)21-4-2)11-13-10-14(18)5-6-17(13)19/h5-6,10,12,15-16,20H,3-4,7-9,11H2,1-2H3. The van der Waals surface area contributed by atoms with Crippen LogP contribution >= 0.6 is 23.2 Å². The minimum absolute atomic E-state index is 0.457. The maximum Gasteiger partial charge on any atom is 0.0580 e. The number of halogens is 2. The highest BCUT2D eigenvalue weighted by Gasteiger charge is 2.31. The molecule has 4 heteroatoms. The predicted octanol–water partition coefficient (Wildman–Crippen LogP) is 4.72. The second-order valence-electron chi connectivity index (χ2n) is 5.84. The van der Waals surface area contributed by atoms with Crippen molar-refractivity contribution in [3.8, 4) is 0 Å². The molecule has 0 radical (unpaired) electrons. The molecule has 0 aromatic heterocycles. The van der Waals surface area contributed by atoms with Gasteiger partial charge in [0.15, 0.2) is 0 Å². The SMILES string of the molecule is CCNC(Cc1cc(Cl)ccc1Cl)CC1CC(OCC)C1. The number of benzene rings is 1. The fraction of sp³-hybridized carbons (Fsp3) is 0.647. The lowest BCUT2D eigenvalue weighted by Crippen LogP contribution is -2.39. The Balaban J connectivity index is 1.89. The van der Waals surface area contributed by atoms with Crippen molar-refractivity contribution < 1.29 is 4.74 Å². The van der Waals surface area contributed by atoms with E-state index in [-0.39, 0.29) is 0 Å². The number of nitrogens with one attached hydrogen (secondary N) is 1. The highest BCUT2D eigenvalue weighted by molar-refractivity contribution is 6.33. The Morgan fingerprint density at radius 2 is 2.05 bits per heavy atom. The summed E-state index contributed by atoms with van der Waals surface area (Å²) < 4.78 is 5.64. The lowest BCUT2D eigenvalue weighted by molar-refractivity contribution is -0.0289. The van der Waals surface area contributed by atoms with Crippen LogP contribution < -0.4 is 5.32 Å². The highest BCUT2D eigenvalue weighted by Crippen LogP contribution is 2.34. The van der Waals surface area contributed by atoms with Gasteiger partial charge < -0.3 is 10.1 Å². The van der Waals surface area contributed by atoms with Crippen LogP contribution in [0.2, 0.25) is 10.0 Å². The zero-order valence-electron chi connectivity index (χ0n) is 12.9. The van der Waals surface area contributed by atoms with Crippen molar-refractivity contribution in [2.45, 2.75) is 51.7 Å². The molecule has 1 atom stereocenters. The maximum atomic E-state index is 6.28. The van der Waals surface area contributed by atoms with Gasteiger partial charge in [-0.1, -0.05) is 30.1 Å². The van der Waals surface area contributed by atoms with Gasteiger partial charge in [-0.05, 0) is 68.8 Å². The molecule has 1 saturated carbocycles. The summed E-state index contributed by atoms with van der Waals surface area (Å²) in [6, 6.07) is 6.17. The van der Waals surface area contributed by atoms with Crippen LogP contribution in [0.25, 0.3) is 0 Å². The number of ether oxygens (including phenoxy) is 1. The fourth-order valence-corrected chi connectivity index (χ4v) is 3.52. The first kappa shape index (κ1) is 17.1. The Morgan fingerprint density at radius 1 is 1.29 bits per heavy atom. The Hall–Kier alpha value is -0.280. The second kappa shape index (κ2) is 8.38. The predicted molar refractivity (Wildman–Crippen MR) is 90.4 cm³/mol. The Labute approximate surface area is 138 Å². The number of likely N-dealkylation sites (N-methyl/N-ethyl adjacent to an activating group) is 1. The highest BCUT2D eigenvalue weighted by atomic mass is 35.5. The molecule has 2 rings (SSSR count). The Morgan fingerprint density at radius 3 is 2.71 bits per heavy atom. The largest absolute Gasteiger partial charge is 0.378 e. The van der Waals surface area contributed by atoms with Crippen molar-refractivity contribution in [1.82, 2.24) is 5.32 Å². The summed E-state index contributed by atoms with van der Waals surface area (Å²) in [5, 5.41) is 5.14. The lowest BCUT2D eigenvalue weighted by atomic mass is 9.77. The van der Waals surface area contributed by atoms with Crippen LogP contribution in [0.15, 0.2) is 18.2 Å². The van der Waals surface area contributed by atoms with Crippen LogP contribution in [0.5, 0.6) is 0 Å². The average Bonchev–Trinajstić information content (AvgIpc) is 2.41. The molecule has 1 aromatic rings. The molecule has 1 aromatic carbocycles. The first-order chi connectivity index (χ1) is 10.1. The van der Waals surface area contributed by atoms with Crippen molar-refractivity contribution in [2.75, 3.05) is 13.2 Å². The van der Waals surface area contributed by atoms with Crippen molar-refractivity contribution in [3.63, 3.8) is 0 Å². The van der Waals surface area contributed by atoms with E-state index in [0.29, 0.717) is 12.1 Å². The lowest BCUT2D eigenvalue weighted by Gasteiger charge is -2.37. The van der Waals surface area contributed by atoms with Gasteiger partial charge in [0.2, 0.25) is 0 Å². The first-order valence-electron chi connectivity index (χ1n) is 7.91. The monoisotopic (exact) mass is 329 g/mol. The van der Waals surface area contributed by atoms with E-state index in [4.69, 9.17) is 27.9 Å². The third kappa shape index (κ3) is 5.14. The molecule has 1 N–H and O–H groups in total. The third-order valence-corrected chi connectivity index (χ3v) is 4.78. The van der Waals surface area contributed by atoms with Gasteiger partial charge in [0.1, 0.15) is 0 Å². The van der Waals surface area contributed by atoms with Gasteiger partial charge in [-0.25, -0.2) is 0 Å². The fourth-order valence-electron chi connectivity index (χ4n) is 3.13. The zero-order valence-corrected chi connectivity index (χ0v) is 14.4. The van der Waals surface area contributed by atoms with E-state index < -0.39 is 0 Å². The van der Waals surface area contributed by atoms with Crippen molar-refractivity contribution in [1.29, 1.82) is 0 Å². The van der Waals surface area contributed by atoms with Crippen molar-refractivity contribution in [3.05, 3.63) is 33.8 Å². The Bertz CT molecular complexity index is 446. The van der Waals surface area contributed by atoms with Gasteiger partial charge in [-0.2, -0.15) is 0 Å². The molecule has 0 heterocycles. The molecule has 0 spiro atoms. The summed E-state index contributed by atoms with van der Waals surface area (Å²) in [4.78, 5) is 0. The minimum atomic E-state index is 0.457. The van der Waals surface area contributed by atoms with Gasteiger partial charge in [0.05, 0.1) is 6.10 Å². The minimum Gasteiger partial charge on any atom is -0.378 e. The van der Waals surface area contributed by atoms with Gasteiger partial charge in [-0.15, -0.1) is 0 Å². The van der Waals surface area contributed by atoms with E-state index in [1.165, 1.54) is 19.3 Å². The van der Waals surface area contributed by atoms with Crippen molar-refractivity contribution in [2.24, 2.45) is 5.92 Å². The topological polar surface area (TPSA) is 21.3 Å². The van der Waals surface area contributed by atoms with Crippen LogP contribution in [-0.4, -0.2) is 25.3 Å². The molecule has 1 fully saturated rings. The summed E-state index contributed by atoms with van der Waals surface area (Å²) in [5.74, 6) is 0.767. The average molecular weight is 330 g/mol. The molecule has 1 aliphatic rings. The summed E-state index contributed by atoms with van der Waals surface area (Å²) >= 11 is 12.4. The number of hydrogen-bond donors (Lipinski definition) is 1. The normalized spacial score (nSPS) is 22.9. The van der Waals surface area contributed by atoms with E-state index in [2.05, 4.69) is 19.2 Å². The van der Waals surface area contributed by atoms with Crippen LogP contribution in [0.3, 0.4) is 0 Å². The Kier molecular flexibility index (Phi) is 6.81. The van der Waals surface area contributed by atoms with E-state index in [1.807, 2.05) is 18.2 Å². The summed E-state index contributed by atoms with van der Waals surface area (Å²) in [7, 11) is 0. The van der Waals surface area contributed by atoms with Gasteiger partial charge in [0, 0.05) is 22.7 Å². The van der Waals surface area contributed by atoms with E-state index in [1.54, 1.807) is 0 Å². The second-order valence-corrected chi connectivity index (χ2v) is 6.69. The maximum absolute atomic E-state index is 6.28. The molecule has 0 aliphatic heterocycles. The van der Waals surface area contributed by atoms with Crippen LogP contribution in [0.4, 0.5) is 0 Å². The van der Waals surface area contributed by atoms with Crippen LogP contribution in [-0.2, 0) is 11.2 Å². The molecule has 0 bridgehead atoms. The quantitative estimate of drug-likeness (QED) is 0.745. The van der Waals surface area contributed by atoms with Gasteiger partial charge in [0.25, 0.3) is 0 Å². The van der Waals surface area contributed by atoms with E-state index in [9.17, 15) is 0 Å². The van der Waals surface area contributed by atoms with Crippen LogP contribution in [0.1, 0.15) is 38.7 Å². The third-order valence-electron chi connectivity index (χ3n) is 4.18. The van der Waals surface area contributed by atoms with Crippen molar-refractivity contribution >= 4 is 23.2 Å². The molecule has 0 amide bonds. The molecular weight excluding hydrogens is 305 g/mol. The molecular formula is C17H25Cl2NO. The molecule has 0 saturated heterocycles. The molecule has 2 nitrogen and oxygen atoms in total. The summed E-state index contributed by atoms with van der Waals surface area (Å²) in [6.07, 6.45) is 4.98.